The molecule has 5 nitrogen and oxygen atoms in total. The van der Waals surface area contributed by atoms with E-state index < -0.39 is 10.0 Å². The minimum absolute atomic E-state index is 0.540. The number of rotatable bonds is 3. The van der Waals surface area contributed by atoms with Crippen molar-refractivity contribution in [2.75, 3.05) is 11.0 Å². The summed E-state index contributed by atoms with van der Waals surface area (Å²) < 4.78 is 27.1. The van der Waals surface area contributed by atoms with Gasteiger partial charge in [-0.05, 0) is 29.9 Å². The van der Waals surface area contributed by atoms with Crippen LogP contribution >= 0.6 is 12.2 Å². The Morgan fingerprint density at radius 3 is 2.33 bits per heavy atom. The highest BCUT2D eigenvalue weighted by Gasteiger charge is 2.05. The topological polar surface area (TPSA) is 66.9 Å². The van der Waals surface area contributed by atoms with Gasteiger partial charge >= 0.3 is 0 Å². The second-order valence-electron chi connectivity index (χ2n) is 3.99. The van der Waals surface area contributed by atoms with Crippen LogP contribution in [-0.2, 0) is 17.1 Å². The molecule has 0 radical (unpaired) electrons. The van der Waals surface area contributed by atoms with E-state index in [1.807, 2.05) is 29.9 Å². The van der Waals surface area contributed by atoms with Crippen molar-refractivity contribution >= 4 is 27.9 Å². The van der Waals surface area contributed by atoms with Crippen LogP contribution in [-0.4, -0.2) is 24.2 Å². The lowest BCUT2D eigenvalue weighted by molar-refractivity contribution is 0.607. The zero-order valence-electron chi connectivity index (χ0n) is 9.97. The van der Waals surface area contributed by atoms with Gasteiger partial charge in [0.2, 0.25) is 10.0 Å². The van der Waals surface area contributed by atoms with E-state index in [2.05, 4.69) is 9.71 Å². The summed E-state index contributed by atoms with van der Waals surface area (Å²) in [5.74, 6) is 0. The highest BCUT2D eigenvalue weighted by molar-refractivity contribution is 7.92. The maximum atomic E-state index is 11.1. The molecule has 18 heavy (non-hydrogen) atoms. The van der Waals surface area contributed by atoms with Crippen LogP contribution < -0.4 is 4.72 Å². The van der Waals surface area contributed by atoms with E-state index in [1.165, 1.54) is 0 Å². The Kier molecular flexibility index (Phi) is 3.27. The van der Waals surface area contributed by atoms with Crippen molar-refractivity contribution in [2.24, 2.45) is 7.05 Å². The number of hydrogen-bond donors (Lipinski definition) is 2. The molecule has 7 heteroatoms. The number of aromatic nitrogens is 2. The van der Waals surface area contributed by atoms with Crippen LogP contribution in [0.15, 0.2) is 30.5 Å². The van der Waals surface area contributed by atoms with Crippen molar-refractivity contribution in [3.05, 3.63) is 35.2 Å². The molecule has 1 aromatic heterocycles. The molecule has 0 fully saturated rings. The number of benzene rings is 1. The third-order valence-electron chi connectivity index (χ3n) is 2.48. The summed E-state index contributed by atoms with van der Waals surface area (Å²) in [6.45, 7) is 0. The fourth-order valence-corrected chi connectivity index (χ4v) is 2.35. The Balaban J connectivity index is 2.33. The molecule has 0 saturated carbocycles. The van der Waals surface area contributed by atoms with Crippen molar-refractivity contribution in [2.45, 2.75) is 0 Å². The predicted octanol–water partition coefficient (Wildman–Crippen LogP) is 2.12. The number of hydrogen-bond acceptors (Lipinski definition) is 3. The zero-order chi connectivity index (χ0) is 13.3. The van der Waals surface area contributed by atoms with Crippen molar-refractivity contribution in [1.29, 1.82) is 0 Å². The SMILES string of the molecule is Cn1c(-c2ccc(NS(C)(=O)=O)cc2)c[nH]c1=S. The molecule has 0 spiro atoms. The van der Waals surface area contributed by atoms with E-state index in [0.717, 1.165) is 17.5 Å². The number of nitrogens with one attached hydrogen (secondary N) is 2. The van der Waals surface area contributed by atoms with Gasteiger partial charge in [-0.2, -0.15) is 0 Å². The first kappa shape index (κ1) is 12.8. The molecule has 0 unspecified atom stereocenters. The van der Waals surface area contributed by atoms with Crippen LogP contribution in [0.1, 0.15) is 0 Å². The average molecular weight is 283 g/mol. The molecule has 0 atom stereocenters. The van der Waals surface area contributed by atoms with Crippen molar-refractivity contribution in [3.8, 4) is 11.3 Å². The molecular formula is C11H13N3O2S2. The minimum atomic E-state index is -3.24. The third-order valence-corrected chi connectivity index (χ3v) is 3.48. The van der Waals surface area contributed by atoms with Crippen molar-refractivity contribution < 1.29 is 8.42 Å². The standard InChI is InChI=1S/C11H13N3O2S2/c1-14-10(7-12-11(14)17)8-3-5-9(6-4-8)13-18(2,15)16/h3-7,13H,1-2H3,(H,12,17). The first-order valence-electron chi connectivity index (χ1n) is 5.19. The largest absolute Gasteiger partial charge is 0.337 e. The second-order valence-corrected chi connectivity index (χ2v) is 6.12. The van der Waals surface area contributed by atoms with Crippen LogP contribution in [0.4, 0.5) is 5.69 Å². The summed E-state index contributed by atoms with van der Waals surface area (Å²) in [7, 11) is -1.36. The van der Waals surface area contributed by atoms with E-state index in [1.54, 1.807) is 12.1 Å². The Morgan fingerprint density at radius 1 is 1.28 bits per heavy atom. The van der Waals surface area contributed by atoms with Gasteiger partial charge in [-0.25, -0.2) is 8.42 Å². The number of aromatic amines is 1. The van der Waals surface area contributed by atoms with Crippen LogP contribution in [0.3, 0.4) is 0 Å². The first-order chi connectivity index (χ1) is 8.37. The Bertz CT molecular complexity index is 711. The lowest BCUT2D eigenvalue weighted by Gasteiger charge is -2.06. The fraction of sp³-hybridized carbons (Fsp3) is 0.182. The number of H-pyrrole nitrogens is 1. The fourth-order valence-electron chi connectivity index (χ4n) is 1.63. The molecular weight excluding hydrogens is 270 g/mol. The predicted molar refractivity (Wildman–Crippen MR) is 74.5 cm³/mol. The molecule has 2 N–H and O–H groups in total. The molecule has 0 aliphatic rings. The summed E-state index contributed by atoms with van der Waals surface area (Å²) in [5.41, 5.74) is 2.45. The highest BCUT2D eigenvalue weighted by Crippen LogP contribution is 2.21. The molecule has 1 heterocycles. The van der Waals surface area contributed by atoms with Crippen molar-refractivity contribution in [1.82, 2.24) is 9.55 Å². The van der Waals surface area contributed by atoms with Gasteiger partial charge in [0, 0.05) is 18.9 Å². The number of anilines is 1. The molecule has 0 aliphatic carbocycles. The smallest absolute Gasteiger partial charge is 0.229 e. The van der Waals surface area contributed by atoms with Crippen molar-refractivity contribution in [3.63, 3.8) is 0 Å². The summed E-state index contributed by atoms with van der Waals surface area (Å²) in [4.78, 5) is 2.95. The Morgan fingerprint density at radius 2 is 1.89 bits per heavy atom. The molecule has 0 amide bonds. The van der Waals surface area contributed by atoms with Gasteiger partial charge in [0.1, 0.15) is 0 Å². The van der Waals surface area contributed by atoms with E-state index in [9.17, 15) is 8.42 Å². The van der Waals surface area contributed by atoms with Gasteiger partial charge in [0.15, 0.2) is 4.77 Å². The number of sulfonamides is 1. The lowest BCUT2D eigenvalue weighted by Crippen LogP contribution is -2.09. The van der Waals surface area contributed by atoms with Gasteiger partial charge in [0.05, 0.1) is 11.9 Å². The average Bonchev–Trinajstić information content (AvgIpc) is 2.59. The minimum Gasteiger partial charge on any atom is -0.337 e. The number of imidazole rings is 1. The van der Waals surface area contributed by atoms with Crippen LogP contribution in [0.25, 0.3) is 11.3 Å². The van der Waals surface area contributed by atoms with Gasteiger partial charge < -0.3 is 9.55 Å². The normalized spacial score (nSPS) is 11.4. The monoisotopic (exact) mass is 283 g/mol. The van der Waals surface area contributed by atoms with Crippen LogP contribution in [0.5, 0.6) is 0 Å². The van der Waals surface area contributed by atoms with E-state index in [0.29, 0.717) is 10.5 Å². The second kappa shape index (κ2) is 4.58. The molecule has 96 valence electrons. The highest BCUT2D eigenvalue weighted by atomic mass is 32.2. The summed E-state index contributed by atoms with van der Waals surface area (Å²) in [6.07, 6.45) is 2.94. The van der Waals surface area contributed by atoms with Crippen LogP contribution in [0.2, 0.25) is 0 Å². The Labute approximate surface area is 111 Å². The summed E-state index contributed by atoms with van der Waals surface area (Å²) >= 11 is 5.09. The molecule has 2 aromatic rings. The summed E-state index contributed by atoms with van der Waals surface area (Å²) in [6, 6.07) is 7.11. The quantitative estimate of drug-likeness (QED) is 0.848. The maximum absolute atomic E-state index is 11.1. The molecule has 0 saturated heterocycles. The van der Waals surface area contributed by atoms with E-state index in [-0.39, 0.29) is 0 Å². The van der Waals surface area contributed by atoms with E-state index in [4.69, 9.17) is 12.2 Å². The molecule has 2 rings (SSSR count). The summed E-state index contributed by atoms with van der Waals surface area (Å²) in [5, 5.41) is 0. The lowest BCUT2D eigenvalue weighted by atomic mass is 10.1. The van der Waals surface area contributed by atoms with Crippen LogP contribution in [0, 0.1) is 4.77 Å². The maximum Gasteiger partial charge on any atom is 0.229 e. The molecule has 0 aliphatic heterocycles. The van der Waals surface area contributed by atoms with Gasteiger partial charge in [-0.1, -0.05) is 12.1 Å². The zero-order valence-corrected chi connectivity index (χ0v) is 11.6. The Hall–Kier alpha value is -1.60. The number of nitrogens with zero attached hydrogens (tertiary/aromatic N) is 1. The third kappa shape index (κ3) is 2.80. The van der Waals surface area contributed by atoms with Gasteiger partial charge in [-0.3, -0.25) is 4.72 Å². The molecule has 1 aromatic carbocycles. The first-order valence-corrected chi connectivity index (χ1v) is 7.49. The van der Waals surface area contributed by atoms with Gasteiger partial charge in [0.25, 0.3) is 0 Å². The molecule has 0 bridgehead atoms. The van der Waals surface area contributed by atoms with E-state index >= 15 is 0 Å². The van der Waals surface area contributed by atoms with Gasteiger partial charge in [-0.15, -0.1) is 0 Å².